The first-order valence-corrected chi connectivity index (χ1v) is 12.1. The number of nitrogens with one attached hydrogen (secondary N) is 1. The fraction of sp³-hybridized carbons (Fsp3) is 0.435. The van der Waals surface area contributed by atoms with Gasteiger partial charge in [-0.2, -0.15) is 4.31 Å². The van der Waals surface area contributed by atoms with Gasteiger partial charge in [-0.05, 0) is 56.5 Å². The molecule has 2 heterocycles. The molecular weight excluding hydrogens is 416 g/mol. The van der Waals surface area contributed by atoms with Gasteiger partial charge in [-0.3, -0.25) is 4.79 Å². The third kappa shape index (κ3) is 4.70. The van der Waals surface area contributed by atoms with Gasteiger partial charge in [-0.1, -0.05) is 23.8 Å². The van der Waals surface area contributed by atoms with E-state index in [2.05, 4.69) is 5.32 Å². The molecule has 1 saturated heterocycles. The standard InChI is InChI=1S/C23H28N2O5S/c1-16-5-8-20(9-6-16)31(27,28)25-11-3-4-19(15-25)23(26)24-17(2)18-7-10-21-22(14-18)30-13-12-29-21/h5-10,14,17,19H,3-4,11-13,15H2,1-2H3,(H,24,26)/t17-,19-/m1/s1. The molecule has 0 spiro atoms. The lowest BCUT2D eigenvalue weighted by molar-refractivity contribution is -0.126. The Hall–Kier alpha value is -2.58. The molecule has 8 heteroatoms. The second-order valence-electron chi connectivity index (χ2n) is 8.15. The molecule has 166 valence electrons. The number of sulfonamides is 1. The van der Waals surface area contributed by atoms with Crippen LogP contribution in [0.1, 0.15) is 36.9 Å². The van der Waals surface area contributed by atoms with Crippen molar-refractivity contribution >= 4 is 15.9 Å². The Morgan fingerprint density at radius 1 is 1.10 bits per heavy atom. The number of piperidine rings is 1. The molecule has 0 aromatic heterocycles. The Bertz CT molecular complexity index is 1050. The van der Waals surface area contributed by atoms with Crippen LogP contribution >= 0.6 is 0 Å². The lowest BCUT2D eigenvalue weighted by Crippen LogP contribution is -2.45. The number of carbonyl (C=O) groups excluding carboxylic acids is 1. The first-order valence-electron chi connectivity index (χ1n) is 10.6. The Labute approximate surface area is 183 Å². The number of fused-ring (bicyclic) bond motifs is 1. The lowest BCUT2D eigenvalue weighted by Gasteiger charge is -2.32. The molecule has 0 saturated carbocycles. The molecule has 0 unspecified atom stereocenters. The third-order valence-electron chi connectivity index (χ3n) is 5.84. The maximum absolute atomic E-state index is 13.0. The van der Waals surface area contributed by atoms with Crippen LogP contribution in [0, 0.1) is 12.8 Å². The summed E-state index contributed by atoms with van der Waals surface area (Å²) in [4.78, 5) is 13.2. The molecular formula is C23H28N2O5S. The van der Waals surface area contributed by atoms with Gasteiger partial charge < -0.3 is 14.8 Å². The molecule has 0 radical (unpaired) electrons. The van der Waals surface area contributed by atoms with Gasteiger partial charge in [-0.15, -0.1) is 0 Å². The smallest absolute Gasteiger partial charge is 0.243 e. The number of rotatable bonds is 5. The van der Waals surface area contributed by atoms with Gasteiger partial charge in [0, 0.05) is 13.1 Å². The van der Waals surface area contributed by atoms with Crippen LogP contribution in [0.4, 0.5) is 0 Å². The summed E-state index contributed by atoms with van der Waals surface area (Å²) in [6.07, 6.45) is 1.32. The summed E-state index contributed by atoms with van der Waals surface area (Å²) < 4.78 is 38.6. The normalized spacial score (nSPS) is 20.1. The van der Waals surface area contributed by atoms with Crippen molar-refractivity contribution in [1.82, 2.24) is 9.62 Å². The van der Waals surface area contributed by atoms with E-state index < -0.39 is 10.0 Å². The van der Waals surface area contributed by atoms with E-state index in [0.717, 1.165) is 11.1 Å². The van der Waals surface area contributed by atoms with E-state index in [1.807, 2.05) is 32.0 Å². The van der Waals surface area contributed by atoms with E-state index in [1.54, 1.807) is 24.3 Å². The Morgan fingerprint density at radius 3 is 2.55 bits per heavy atom. The molecule has 4 rings (SSSR count). The van der Waals surface area contributed by atoms with E-state index in [-0.39, 0.29) is 29.3 Å². The fourth-order valence-electron chi connectivity index (χ4n) is 3.98. The van der Waals surface area contributed by atoms with E-state index in [9.17, 15) is 13.2 Å². The number of ether oxygens (including phenoxy) is 2. The van der Waals surface area contributed by atoms with Crippen LogP contribution in [0.3, 0.4) is 0 Å². The molecule has 2 atom stereocenters. The second kappa shape index (κ2) is 8.88. The summed E-state index contributed by atoms with van der Waals surface area (Å²) in [6.45, 7) is 5.48. The van der Waals surface area contributed by atoms with Gasteiger partial charge in [0.2, 0.25) is 15.9 Å². The van der Waals surface area contributed by atoms with E-state index in [0.29, 0.717) is 44.1 Å². The summed E-state index contributed by atoms with van der Waals surface area (Å²) >= 11 is 0. The predicted molar refractivity (Wildman–Crippen MR) is 117 cm³/mol. The van der Waals surface area contributed by atoms with Crippen molar-refractivity contribution in [2.45, 2.75) is 37.6 Å². The van der Waals surface area contributed by atoms with Crippen molar-refractivity contribution < 1.29 is 22.7 Å². The number of aryl methyl sites for hydroxylation is 1. The van der Waals surface area contributed by atoms with E-state index in [4.69, 9.17) is 9.47 Å². The molecule has 1 amide bonds. The zero-order valence-corrected chi connectivity index (χ0v) is 18.7. The van der Waals surface area contributed by atoms with Crippen molar-refractivity contribution in [2.24, 2.45) is 5.92 Å². The van der Waals surface area contributed by atoms with Gasteiger partial charge in [-0.25, -0.2) is 8.42 Å². The van der Waals surface area contributed by atoms with Gasteiger partial charge in [0.1, 0.15) is 13.2 Å². The van der Waals surface area contributed by atoms with E-state index in [1.165, 1.54) is 4.31 Å². The molecule has 1 fully saturated rings. The third-order valence-corrected chi connectivity index (χ3v) is 7.72. The Morgan fingerprint density at radius 2 is 1.81 bits per heavy atom. The molecule has 0 aliphatic carbocycles. The molecule has 1 N–H and O–H groups in total. The monoisotopic (exact) mass is 444 g/mol. The van der Waals surface area contributed by atoms with Crippen molar-refractivity contribution in [3.63, 3.8) is 0 Å². The molecule has 2 aliphatic rings. The van der Waals surface area contributed by atoms with E-state index >= 15 is 0 Å². The van der Waals surface area contributed by atoms with Gasteiger partial charge >= 0.3 is 0 Å². The average molecular weight is 445 g/mol. The topological polar surface area (TPSA) is 84.9 Å². The SMILES string of the molecule is Cc1ccc(S(=O)(=O)N2CCC[C@@H](C(=O)N[C@H](C)c3ccc4c(c3)OCCO4)C2)cc1. The van der Waals surface area contributed by atoms with Crippen LogP contribution in [-0.2, 0) is 14.8 Å². The van der Waals surface area contributed by atoms with Crippen molar-refractivity contribution in [1.29, 1.82) is 0 Å². The number of hydrogen-bond acceptors (Lipinski definition) is 5. The number of nitrogens with zero attached hydrogens (tertiary/aromatic N) is 1. The summed E-state index contributed by atoms with van der Waals surface area (Å²) in [5.41, 5.74) is 1.92. The fourth-order valence-corrected chi connectivity index (χ4v) is 5.50. The van der Waals surface area contributed by atoms with Crippen LogP contribution < -0.4 is 14.8 Å². The average Bonchev–Trinajstić information content (AvgIpc) is 2.79. The summed E-state index contributed by atoms with van der Waals surface area (Å²) in [5, 5.41) is 3.04. The minimum atomic E-state index is -3.61. The van der Waals surface area contributed by atoms with Crippen LogP contribution in [-0.4, -0.2) is 44.9 Å². The van der Waals surface area contributed by atoms with Gasteiger partial charge in [0.15, 0.2) is 11.5 Å². The van der Waals surface area contributed by atoms with Crippen LogP contribution in [0.5, 0.6) is 11.5 Å². The van der Waals surface area contributed by atoms with Gasteiger partial charge in [0.25, 0.3) is 0 Å². The molecule has 2 aromatic rings. The number of hydrogen-bond donors (Lipinski definition) is 1. The zero-order valence-electron chi connectivity index (χ0n) is 17.8. The van der Waals surface area contributed by atoms with Crippen molar-refractivity contribution in [2.75, 3.05) is 26.3 Å². The minimum Gasteiger partial charge on any atom is -0.486 e. The molecule has 0 bridgehead atoms. The maximum atomic E-state index is 13.0. The second-order valence-corrected chi connectivity index (χ2v) is 10.1. The summed E-state index contributed by atoms with van der Waals surface area (Å²) in [6, 6.07) is 12.2. The van der Waals surface area contributed by atoms with Crippen LogP contribution in [0.2, 0.25) is 0 Å². The largest absolute Gasteiger partial charge is 0.486 e. The maximum Gasteiger partial charge on any atom is 0.243 e. The number of amides is 1. The molecule has 2 aliphatic heterocycles. The highest BCUT2D eigenvalue weighted by Crippen LogP contribution is 2.33. The van der Waals surface area contributed by atoms with Crippen LogP contribution in [0.15, 0.2) is 47.4 Å². The number of carbonyl (C=O) groups is 1. The summed E-state index contributed by atoms with van der Waals surface area (Å²) in [7, 11) is -3.61. The minimum absolute atomic E-state index is 0.133. The summed E-state index contributed by atoms with van der Waals surface area (Å²) in [5.74, 6) is 0.871. The van der Waals surface area contributed by atoms with Crippen molar-refractivity contribution in [3.8, 4) is 11.5 Å². The van der Waals surface area contributed by atoms with Crippen LogP contribution in [0.25, 0.3) is 0 Å². The quantitative estimate of drug-likeness (QED) is 0.766. The molecule has 2 aromatic carbocycles. The lowest BCUT2D eigenvalue weighted by atomic mass is 9.97. The Balaban J connectivity index is 1.42. The Kier molecular flexibility index (Phi) is 6.20. The first-order chi connectivity index (χ1) is 14.8. The highest BCUT2D eigenvalue weighted by Gasteiger charge is 2.33. The van der Waals surface area contributed by atoms with Crippen molar-refractivity contribution in [3.05, 3.63) is 53.6 Å². The predicted octanol–water partition coefficient (Wildman–Crippen LogP) is 3.04. The molecule has 7 nitrogen and oxygen atoms in total. The highest BCUT2D eigenvalue weighted by molar-refractivity contribution is 7.89. The zero-order chi connectivity index (χ0) is 22.0. The van der Waals surface area contributed by atoms with Gasteiger partial charge in [0.05, 0.1) is 16.9 Å². The molecule has 31 heavy (non-hydrogen) atoms. The number of benzene rings is 2. The first kappa shape index (κ1) is 21.6. The highest BCUT2D eigenvalue weighted by atomic mass is 32.2.